The number of halogens is 2. The number of hydrogen-bond donors (Lipinski definition) is 2. The molecular formula is C38H26Cl2N4O4S. The highest BCUT2D eigenvalue weighted by molar-refractivity contribution is 8.04. The maximum absolute atomic E-state index is 13.8. The number of nitrogens with zero attached hydrogens (tertiary/aromatic N) is 3. The minimum atomic E-state index is -0.650. The molecule has 0 radical (unpaired) electrons. The second-order valence-electron chi connectivity index (χ2n) is 11.3. The molecule has 8 nitrogen and oxygen atoms in total. The lowest BCUT2D eigenvalue weighted by molar-refractivity contribution is -0.128. The zero-order chi connectivity index (χ0) is 34.2. The Bertz CT molecular complexity index is 2320. The van der Waals surface area contributed by atoms with Crippen LogP contribution in [-0.2, 0) is 4.79 Å². The molecule has 0 bridgehead atoms. The van der Waals surface area contributed by atoms with Gasteiger partial charge in [0.2, 0.25) is 0 Å². The van der Waals surface area contributed by atoms with Crippen LogP contribution in [0, 0.1) is 6.92 Å². The number of phenols is 1. The van der Waals surface area contributed by atoms with Crippen LogP contribution in [0.2, 0.25) is 10.0 Å². The summed E-state index contributed by atoms with van der Waals surface area (Å²) in [6.07, 6.45) is 1.60. The smallest absolute Gasteiger partial charge is 0.280 e. The van der Waals surface area contributed by atoms with Crippen molar-refractivity contribution in [2.45, 2.75) is 12.3 Å². The van der Waals surface area contributed by atoms with E-state index in [1.54, 1.807) is 78.9 Å². The fourth-order valence-corrected chi connectivity index (χ4v) is 7.17. The molecule has 1 aliphatic rings. The molecule has 7 rings (SSSR count). The number of carbonyl (C=O) groups excluding carboxylic acids is 2. The predicted octanol–water partition coefficient (Wildman–Crippen LogP) is 8.33. The van der Waals surface area contributed by atoms with Gasteiger partial charge in [0.05, 0.1) is 21.5 Å². The maximum Gasteiger partial charge on any atom is 0.280 e. The average Bonchev–Trinajstić information content (AvgIpc) is 3.41. The first-order valence-electron chi connectivity index (χ1n) is 15.1. The monoisotopic (exact) mass is 704 g/mol. The standard InChI is InChI=1S/C38H26Cl2N4O4S/c1-22-9-11-23(12-10-22)34-41-32-8-3-2-5-28(32)36(47)43(34)26-17-13-24(14-18-26)35(46)42-44-37(48)33(21-29-30(39)6-4-7-31(29)40)49-38(44)25-15-19-27(45)20-16-25/h2-21,38,45H,1H3,(H,42,46)/b33-21-. The number of aryl methyl sites for hydroxylation is 1. The quantitative estimate of drug-likeness (QED) is 0.169. The SMILES string of the molecule is Cc1ccc(-c2nc3ccccc3c(=O)n2-c2ccc(C(=O)NN3C(=O)/C(=C/c4c(Cl)cccc4Cl)SC3c3ccc(O)cc3)cc2)cc1. The number of hydrazine groups is 1. The third kappa shape index (κ3) is 6.31. The molecule has 1 aromatic heterocycles. The Labute approximate surface area is 295 Å². The maximum atomic E-state index is 13.8. The number of phenolic OH excluding ortho intramolecular Hbond substituents is 1. The summed E-state index contributed by atoms with van der Waals surface area (Å²) in [6.45, 7) is 1.99. The lowest BCUT2D eigenvalue weighted by Gasteiger charge is -2.24. The number of fused-ring (bicyclic) bond motifs is 1. The molecule has 49 heavy (non-hydrogen) atoms. The van der Waals surface area contributed by atoms with Crippen molar-refractivity contribution in [3.63, 3.8) is 0 Å². The Balaban J connectivity index is 1.22. The van der Waals surface area contributed by atoms with E-state index in [1.165, 1.54) is 33.5 Å². The van der Waals surface area contributed by atoms with E-state index < -0.39 is 17.2 Å². The highest BCUT2D eigenvalue weighted by Crippen LogP contribution is 2.46. The van der Waals surface area contributed by atoms with Crippen molar-refractivity contribution >= 4 is 63.8 Å². The predicted molar refractivity (Wildman–Crippen MR) is 195 cm³/mol. The first-order chi connectivity index (χ1) is 23.7. The average molecular weight is 706 g/mol. The highest BCUT2D eigenvalue weighted by Gasteiger charge is 2.39. The van der Waals surface area contributed by atoms with Crippen LogP contribution in [0.1, 0.15) is 32.4 Å². The minimum absolute atomic E-state index is 0.0682. The summed E-state index contributed by atoms with van der Waals surface area (Å²) >= 11 is 14.0. The third-order valence-corrected chi connectivity index (χ3v) is 9.96. The zero-order valence-electron chi connectivity index (χ0n) is 25.8. The van der Waals surface area contributed by atoms with Gasteiger partial charge >= 0.3 is 0 Å². The van der Waals surface area contributed by atoms with Gasteiger partial charge in [-0.05, 0) is 79.2 Å². The van der Waals surface area contributed by atoms with Crippen LogP contribution in [0.5, 0.6) is 5.75 Å². The van der Waals surface area contributed by atoms with Crippen molar-refractivity contribution in [1.82, 2.24) is 20.0 Å². The van der Waals surface area contributed by atoms with Gasteiger partial charge in [-0.15, -0.1) is 0 Å². The van der Waals surface area contributed by atoms with E-state index in [0.717, 1.165) is 11.1 Å². The van der Waals surface area contributed by atoms with Crippen LogP contribution >= 0.6 is 35.0 Å². The number of hydrogen-bond acceptors (Lipinski definition) is 6. The first kappa shape index (κ1) is 32.2. The van der Waals surface area contributed by atoms with Crippen LogP contribution in [0.25, 0.3) is 34.1 Å². The van der Waals surface area contributed by atoms with E-state index in [-0.39, 0.29) is 16.9 Å². The molecule has 11 heteroatoms. The van der Waals surface area contributed by atoms with Crippen LogP contribution in [0.3, 0.4) is 0 Å². The Morgan fingerprint density at radius 2 is 1.53 bits per heavy atom. The number of carbonyl (C=O) groups is 2. The molecule has 0 aliphatic carbocycles. The molecule has 0 spiro atoms. The number of thioether (sulfide) groups is 1. The van der Waals surface area contributed by atoms with E-state index in [9.17, 15) is 19.5 Å². The van der Waals surface area contributed by atoms with E-state index in [4.69, 9.17) is 28.2 Å². The van der Waals surface area contributed by atoms with Gasteiger partial charge in [-0.3, -0.25) is 24.4 Å². The molecule has 1 atom stereocenters. The van der Waals surface area contributed by atoms with Gasteiger partial charge in [0, 0.05) is 26.7 Å². The van der Waals surface area contributed by atoms with Crippen LogP contribution in [-0.4, -0.2) is 31.5 Å². The Kier molecular flexibility index (Phi) is 8.73. The number of nitrogens with one attached hydrogen (secondary N) is 1. The van der Waals surface area contributed by atoms with Gasteiger partial charge in [-0.2, -0.15) is 0 Å². The van der Waals surface area contributed by atoms with Gasteiger partial charge in [-0.25, -0.2) is 9.99 Å². The molecule has 1 aliphatic heterocycles. The molecule has 2 N–H and O–H groups in total. The number of aromatic nitrogens is 2. The van der Waals surface area contributed by atoms with Crippen molar-refractivity contribution < 1.29 is 14.7 Å². The van der Waals surface area contributed by atoms with Crippen molar-refractivity contribution in [2.24, 2.45) is 0 Å². The summed E-state index contributed by atoms with van der Waals surface area (Å²) in [7, 11) is 0. The Morgan fingerprint density at radius 1 is 0.857 bits per heavy atom. The van der Waals surface area contributed by atoms with Crippen molar-refractivity contribution in [1.29, 1.82) is 0 Å². The lowest BCUT2D eigenvalue weighted by atomic mass is 10.1. The summed E-state index contributed by atoms with van der Waals surface area (Å²) in [5.74, 6) is -0.460. The van der Waals surface area contributed by atoms with Gasteiger partial charge in [0.15, 0.2) is 0 Å². The molecule has 1 saturated heterocycles. The van der Waals surface area contributed by atoms with Crippen LogP contribution in [0.4, 0.5) is 0 Å². The van der Waals surface area contributed by atoms with Gasteiger partial charge < -0.3 is 5.11 Å². The van der Waals surface area contributed by atoms with Crippen molar-refractivity contribution in [3.8, 4) is 22.8 Å². The molecule has 0 saturated carbocycles. The fourth-order valence-electron chi connectivity index (χ4n) is 5.49. The Hall–Kier alpha value is -5.35. The topological polar surface area (TPSA) is 105 Å². The zero-order valence-corrected chi connectivity index (χ0v) is 28.1. The number of para-hydroxylation sites is 1. The molecular weight excluding hydrogens is 679 g/mol. The molecule has 1 unspecified atom stereocenters. The largest absolute Gasteiger partial charge is 0.508 e. The summed E-state index contributed by atoms with van der Waals surface area (Å²) in [5, 5.41) is 11.7. The molecule has 2 amide bonds. The number of amides is 2. The highest BCUT2D eigenvalue weighted by atomic mass is 35.5. The van der Waals surface area contributed by atoms with Crippen LogP contribution in [0.15, 0.2) is 125 Å². The van der Waals surface area contributed by atoms with E-state index >= 15 is 0 Å². The second-order valence-corrected chi connectivity index (χ2v) is 13.3. The van der Waals surface area contributed by atoms with Gasteiger partial charge in [-0.1, -0.05) is 95.1 Å². The van der Waals surface area contributed by atoms with E-state index in [1.807, 2.05) is 37.3 Å². The van der Waals surface area contributed by atoms with E-state index in [2.05, 4.69) is 5.43 Å². The Morgan fingerprint density at radius 3 is 2.22 bits per heavy atom. The minimum Gasteiger partial charge on any atom is -0.508 e. The first-order valence-corrected chi connectivity index (χ1v) is 16.8. The number of benzene rings is 5. The van der Waals surface area contributed by atoms with Crippen molar-refractivity contribution in [3.05, 3.63) is 163 Å². The number of rotatable bonds is 6. The normalized spacial score (nSPS) is 15.2. The third-order valence-electron chi connectivity index (χ3n) is 8.05. The van der Waals surface area contributed by atoms with E-state index in [0.29, 0.717) is 48.5 Å². The molecule has 242 valence electrons. The van der Waals surface area contributed by atoms with Gasteiger partial charge in [0.25, 0.3) is 17.4 Å². The fraction of sp³-hybridized carbons (Fsp3) is 0.0526. The molecule has 6 aromatic rings. The molecule has 5 aromatic carbocycles. The number of aromatic hydroxyl groups is 1. The summed E-state index contributed by atoms with van der Waals surface area (Å²) in [4.78, 5) is 46.4. The summed E-state index contributed by atoms with van der Waals surface area (Å²) in [5.41, 5.74) is 6.88. The lowest BCUT2D eigenvalue weighted by Crippen LogP contribution is -2.44. The van der Waals surface area contributed by atoms with Crippen molar-refractivity contribution in [2.75, 3.05) is 0 Å². The summed E-state index contributed by atoms with van der Waals surface area (Å²) < 4.78 is 1.53. The summed E-state index contributed by atoms with van der Waals surface area (Å²) in [6, 6.07) is 32.9. The molecule has 1 fully saturated rings. The van der Waals surface area contributed by atoms with Crippen LogP contribution < -0.4 is 11.0 Å². The van der Waals surface area contributed by atoms with Gasteiger partial charge in [0.1, 0.15) is 16.9 Å². The second kappa shape index (κ2) is 13.3. The molecule has 2 heterocycles.